The Balaban J connectivity index is 2.25. The maximum absolute atomic E-state index is 11.5. The van der Waals surface area contributed by atoms with Crippen molar-refractivity contribution in [1.29, 1.82) is 0 Å². The number of nitrogens with one attached hydrogen (secondary N) is 2. The molecule has 7 heteroatoms. The number of esters is 1. The van der Waals surface area contributed by atoms with E-state index in [1.54, 1.807) is 12.1 Å². The molecule has 0 aliphatic heterocycles. The van der Waals surface area contributed by atoms with Gasteiger partial charge in [0, 0.05) is 17.6 Å². The van der Waals surface area contributed by atoms with E-state index in [9.17, 15) is 9.90 Å². The topological polar surface area (TPSA) is 87.2 Å². The Hall–Kier alpha value is -1.79. The molecule has 0 fully saturated rings. The number of aliphatic hydroxyl groups is 1. The lowest BCUT2D eigenvalue weighted by molar-refractivity contribution is 0.0596. The van der Waals surface area contributed by atoms with Gasteiger partial charge in [-0.25, -0.2) is 4.79 Å². The number of alkyl halides is 1. The van der Waals surface area contributed by atoms with Crippen molar-refractivity contribution >= 4 is 34.2 Å². The summed E-state index contributed by atoms with van der Waals surface area (Å²) in [4.78, 5) is 11.5. The van der Waals surface area contributed by atoms with Gasteiger partial charge in [-0.3, -0.25) is 5.10 Å². The highest BCUT2D eigenvalue weighted by atomic mass is 35.5. The average molecular weight is 284 g/mol. The summed E-state index contributed by atoms with van der Waals surface area (Å²) in [5.74, 6) is -0.335. The minimum absolute atomic E-state index is 0.161. The van der Waals surface area contributed by atoms with Crippen LogP contribution in [0.3, 0.4) is 0 Å². The van der Waals surface area contributed by atoms with E-state index in [0.717, 1.165) is 11.2 Å². The largest absolute Gasteiger partial charge is 0.464 e. The molecule has 1 aromatic carbocycles. The number of hydrogen-bond acceptors (Lipinski definition) is 5. The molecule has 2 rings (SSSR count). The molecule has 0 radical (unpaired) electrons. The Labute approximate surface area is 114 Å². The van der Waals surface area contributed by atoms with Crippen molar-refractivity contribution in [3.05, 3.63) is 23.9 Å². The zero-order chi connectivity index (χ0) is 13.8. The van der Waals surface area contributed by atoms with Gasteiger partial charge in [-0.05, 0) is 18.2 Å². The fourth-order valence-electron chi connectivity index (χ4n) is 1.67. The zero-order valence-electron chi connectivity index (χ0n) is 10.3. The van der Waals surface area contributed by atoms with E-state index in [0.29, 0.717) is 11.9 Å². The SMILES string of the molecule is COC(=O)c1n[nH]c2ccc(NCC(O)CCl)cc12. The molecule has 19 heavy (non-hydrogen) atoms. The van der Waals surface area contributed by atoms with Crippen molar-refractivity contribution < 1.29 is 14.6 Å². The summed E-state index contributed by atoms with van der Waals surface area (Å²) in [6.45, 7) is 0.334. The van der Waals surface area contributed by atoms with Crippen LogP contribution in [-0.2, 0) is 4.74 Å². The molecule has 0 saturated carbocycles. The Bertz CT molecular complexity index is 585. The lowest BCUT2D eigenvalue weighted by Crippen LogP contribution is -2.20. The van der Waals surface area contributed by atoms with Crippen molar-refractivity contribution in [2.24, 2.45) is 0 Å². The van der Waals surface area contributed by atoms with Crippen molar-refractivity contribution in [3.8, 4) is 0 Å². The molecule has 1 heterocycles. The van der Waals surface area contributed by atoms with Crippen LogP contribution in [0.2, 0.25) is 0 Å². The molecule has 1 atom stereocenters. The van der Waals surface area contributed by atoms with Crippen molar-refractivity contribution in [3.63, 3.8) is 0 Å². The molecule has 1 aromatic heterocycles. The molecule has 3 N–H and O–H groups in total. The summed E-state index contributed by atoms with van der Waals surface area (Å²) in [6.07, 6.45) is -0.623. The second kappa shape index (κ2) is 5.90. The molecule has 0 spiro atoms. The number of benzene rings is 1. The first-order chi connectivity index (χ1) is 9.15. The number of aromatic amines is 1. The third-order valence-electron chi connectivity index (χ3n) is 2.66. The van der Waals surface area contributed by atoms with Crippen molar-refractivity contribution in [2.45, 2.75) is 6.10 Å². The number of fused-ring (bicyclic) bond motifs is 1. The van der Waals surface area contributed by atoms with Crippen LogP contribution in [0.5, 0.6) is 0 Å². The number of aromatic nitrogens is 2. The van der Waals surface area contributed by atoms with E-state index in [1.807, 2.05) is 6.07 Å². The molecule has 0 bridgehead atoms. The molecule has 0 aliphatic rings. The van der Waals surface area contributed by atoms with Gasteiger partial charge in [0.05, 0.1) is 24.6 Å². The standard InChI is InChI=1S/C12H14ClN3O3/c1-19-12(18)11-9-4-7(14-6-8(17)5-13)2-3-10(9)15-16-11/h2-4,8,14,17H,5-6H2,1H3,(H,15,16). The molecule has 6 nitrogen and oxygen atoms in total. The number of hydrogen-bond donors (Lipinski definition) is 3. The average Bonchev–Trinajstić information content (AvgIpc) is 2.86. The van der Waals surface area contributed by atoms with E-state index in [4.69, 9.17) is 11.6 Å². The number of nitrogens with zero attached hydrogens (tertiary/aromatic N) is 1. The van der Waals surface area contributed by atoms with Gasteiger partial charge in [0.15, 0.2) is 5.69 Å². The molecular weight excluding hydrogens is 270 g/mol. The summed E-state index contributed by atoms with van der Waals surface area (Å²) in [7, 11) is 1.31. The number of aliphatic hydroxyl groups excluding tert-OH is 1. The summed E-state index contributed by atoms with van der Waals surface area (Å²) < 4.78 is 4.66. The van der Waals surface area contributed by atoms with Crippen LogP contribution in [0.4, 0.5) is 5.69 Å². The first kappa shape index (κ1) is 13.6. The van der Waals surface area contributed by atoms with Gasteiger partial charge < -0.3 is 15.2 Å². The van der Waals surface area contributed by atoms with Crippen LogP contribution in [-0.4, -0.2) is 46.9 Å². The highest BCUT2D eigenvalue weighted by Crippen LogP contribution is 2.21. The molecule has 102 valence electrons. The third-order valence-corrected chi connectivity index (χ3v) is 3.02. The molecule has 0 aliphatic carbocycles. The van der Waals surface area contributed by atoms with E-state index < -0.39 is 12.1 Å². The second-order valence-corrected chi connectivity index (χ2v) is 4.32. The summed E-state index contributed by atoms with van der Waals surface area (Å²) >= 11 is 5.52. The maximum atomic E-state index is 11.5. The van der Waals surface area contributed by atoms with Gasteiger partial charge in [0.25, 0.3) is 0 Å². The Morgan fingerprint density at radius 3 is 3.11 bits per heavy atom. The highest BCUT2D eigenvalue weighted by molar-refractivity contribution is 6.18. The van der Waals surface area contributed by atoms with Gasteiger partial charge in [-0.15, -0.1) is 11.6 Å². The Kier molecular flexibility index (Phi) is 4.24. The van der Waals surface area contributed by atoms with Gasteiger partial charge >= 0.3 is 5.97 Å². The number of anilines is 1. The van der Waals surface area contributed by atoms with Crippen LogP contribution >= 0.6 is 11.6 Å². The fraction of sp³-hybridized carbons (Fsp3) is 0.333. The van der Waals surface area contributed by atoms with Crippen molar-refractivity contribution in [2.75, 3.05) is 24.9 Å². The van der Waals surface area contributed by atoms with E-state index in [2.05, 4.69) is 20.3 Å². The van der Waals surface area contributed by atoms with Gasteiger partial charge in [0.1, 0.15) is 0 Å². The number of methoxy groups -OCH3 is 1. The number of halogens is 1. The highest BCUT2D eigenvalue weighted by Gasteiger charge is 2.14. The van der Waals surface area contributed by atoms with Gasteiger partial charge in [-0.2, -0.15) is 5.10 Å². The van der Waals surface area contributed by atoms with E-state index >= 15 is 0 Å². The van der Waals surface area contributed by atoms with E-state index in [-0.39, 0.29) is 11.6 Å². The predicted molar refractivity (Wildman–Crippen MR) is 72.6 cm³/mol. The molecule has 0 amide bonds. The quantitative estimate of drug-likeness (QED) is 0.570. The smallest absolute Gasteiger partial charge is 0.359 e. The zero-order valence-corrected chi connectivity index (χ0v) is 11.1. The summed E-state index contributed by atoms with van der Waals surface area (Å²) in [5.41, 5.74) is 1.74. The monoisotopic (exact) mass is 283 g/mol. The second-order valence-electron chi connectivity index (χ2n) is 4.01. The number of carbonyl (C=O) groups excluding carboxylic acids is 1. The maximum Gasteiger partial charge on any atom is 0.359 e. The van der Waals surface area contributed by atoms with Gasteiger partial charge in [-0.1, -0.05) is 0 Å². The number of rotatable bonds is 5. The third kappa shape index (κ3) is 2.97. The Morgan fingerprint density at radius 2 is 2.42 bits per heavy atom. The molecule has 1 unspecified atom stereocenters. The minimum atomic E-state index is -0.623. The minimum Gasteiger partial charge on any atom is -0.464 e. The molecule has 0 saturated heterocycles. The van der Waals surface area contributed by atoms with Gasteiger partial charge in [0.2, 0.25) is 0 Å². The summed E-state index contributed by atoms with van der Waals surface area (Å²) in [6, 6.07) is 5.39. The first-order valence-corrected chi connectivity index (χ1v) is 6.23. The summed E-state index contributed by atoms with van der Waals surface area (Å²) in [5, 5.41) is 19.8. The predicted octanol–water partition coefficient (Wildman–Crippen LogP) is 1.36. The van der Waals surface area contributed by atoms with Crippen LogP contribution < -0.4 is 5.32 Å². The number of ether oxygens (including phenoxy) is 1. The van der Waals surface area contributed by atoms with Crippen LogP contribution in [0.25, 0.3) is 10.9 Å². The number of H-pyrrole nitrogens is 1. The van der Waals surface area contributed by atoms with Crippen LogP contribution in [0.15, 0.2) is 18.2 Å². The lowest BCUT2D eigenvalue weighted by Gasteiger charge is -2.09. The Morgan fingerprint density at radius 1 is 1.63 bits per heavy atom. The lowest BCUT2D eigenvalue weighted by atomic mass is 10.2. The molecule has 2 aromatic rings. The molecular formula is C12H14ClN3O3. The van der Waals surface area contributed by atoms with Crippen molar-refractivity contribution in [1.82, 2.24) is 10.2 Å². The van der Waals surface area contributed by atoms with Crippen LogP contribution in [0, 0.1) is 0 Å². The normalized spacial score (nSPS) is 12.4. The first-order valence-electron chi connectivity index (χ1n) is 5.70. The number of carbonyl (C=O) groups is 1. The van der Waals surface area contributed by atoms with E-state index in [1.165, 1.54) is 7.11 Å². The fourth-order valence-corrected chi connectivity index (χ4v) is 1.78. The van der Waals surface area contributed by atoms with Crippen LogP contribution in [0.1, 0.15) is 10.5 Å².